The second-order valence-corrected chi connectivity index (χ2v) is 8.19. The highest BCUT2D eigenvalue weighted by atomic mass is 35.5. The summed E-state index contributed by atoms with van der Waals surface area (Å²) in [6, 6.07) is 7.08. The van der Waals surface area contributed by atoms with Crippen LogP contribution < -0.4 is 5.73 Å². The van der Waals surface area contributed by atoms with Gasteiger partial charge in [-0.3, -0.25) is 0 Å². The second-order valence-electron chi connectivity index (χ2n) is 6.29. The number of anilines is 1. The van der Waals surface area contributed by atoms with E-state index in [4.69, 9.17) is 38.4 Å². The van der Waals surface area contributed by atoms with Crippen molar-refractivity contribution >= 4 is 50.7 Å². The molecule has 0 saturated carbocycles. The van der Waals surface area contributed by atoms with Crippen LogP contribution in [-0.4, -0.2) is 28.0 Å². The van der Waals surface area contributed by atoms with Gasteiger partial charge in [0.1, 0.15) is 4.83 Å². The van der Waals surface area contributed by atoms with E-state index in [2.05, 4.69) is 9.97 Å². The van der Waals surface area contributed by atoms with E-state index in [0.717, 1.165) is 10.3 Å². The molecule has 0 radical (unpaired) electrons. The summed E-state index contributed by atoms with van der Waals surface area (Å²) in [7, 11) is 0. The molecule has 3 N–H and O–H groups in total. The van der Waals surface area contributed by atoms with Gasteiger partial charge in [0.15, 0.2) is 6.29 Å². The summed E-state index contributed by atoms with van der Waals surface area (Å²) in [6.45, 7) is 0.518. The Morgan fingerprint density at radius 2 is 2.14 bits per heavy atom. The van der Waals surface area contributed by atoms with Gasteiger partial charge in [0.05, 0.1) is 29.7 Å². The van der Waals surface area contributed by atoms with Gasteiger partial charge in [0, 0.05) is 27.3 Å². The number of nitrogens with two attached hydrogens (primary N) is 1. The first-order valence-electron chi connectivity index (χ1n) is 8.64. The Balaban J connectivity index is 1.64. The summed E-state index contributed by atoms with van der Waals surface area (Å²) in [5.74, 6) is 0.146. The number of fused-ring (bicyclic) bond motifs is 1. The Morgan fingerprint density at radius 1 is 1.29 bits per heavy atom. The first kappa shape index (κ1) is 19.4. The lowest BCUT2D eigenvalue weighted by atomic mass is 10.1. The molecule has 3 heterocycles. The SMILES string of the molecule is Nc1nc(-c2ccc(Cl)cc2Cl)c2cc(C(O)CCC3OC=CCO3)sc2n1. The van der Waals surface area contributed by atoms with Crippen molar-refractivity contribution in [2.75, 3.05) is 12.3 Å². The van der Waals surface area contributed by atoms with Crippen molar-refractivity contribution in [2.45, 2.75) is 25.2 Å². The highest BCUT2D eigenvalue weighted by molar-refractivity contribution is 7.18. The minimum atomic E-state index is -0.674. The van der Waals surface area contributed by atoms with Crippen molar-refractivity contribution in [3.05, 3.63) is 51.5 Å². The van der Waals surface area contributed by atoms with Gasteiger partial charge in [0.2, 0.25) is 5.95 Å². The summed E-state index contributed by atoms with van der Waals surface area (Å²) >= 11 is 13.7. The van der Waals surface area contributed by atoms with Gasteiger partial charge in [-0.1, -0.05) is 23.2 Å². The van der Waals surface area contributed by atoms with Crippen LogP contribution in [0.2, 0.25) is 10.0 Å². The van der Waals surface area contributed by atoms with Gasteiger partial charge in [-0.15, -0.1) is 11.3 Å². The fraction of sp³-hybridized carbons (Fsp3) is 0.263. The zero-order chi connectivity index (χ0) is 19.7. The number of thiophene rings is 1. The number of nitrogen functional groups attached to an aromatic ring is 1. The molecule has 0 amide bonds. The van der Waals surface area contributed by atoms with Gasteiger partial charge in [-0.05, 0) is 36.8 Å². The molecule has 0 aliphatic carbocycles. The molecule has 1 aliphatic heterocycles. The van der Waals surface area contributed by atoms with Crippen molar-refractivity contribution in [3.63, 3.8) is 0 Å². The second kappa shape index (κ2) is 8.23. The van der Waals surface area contributed by atoms with Crippen LogP contribution in [0.5, 0.6) is 0 Å². The molecule has 2 aromatic heterocycles. The third kappa shape index (κ3) is 4.09. The quantitative estimate of drug-likeness (QED) is 0.586. The molecule has 4 rings (SSSR count). The van der Waals surface area contributed by atoms with Crippen LogP contribution in [0.25, 0.3) is 21.5 Å². The number of aromatic nitrogens is 2. The number of hydrogen-bond acceptors (Lipinski definition) is 7. The minimum absolute atomic E-state index is 0.146. The van der Waals surface area contributed by atoms with E-state index >= 15 is 0 Å². The summed E-state index contributed by atoms with van der Waals surface area (Å²) in [5, 5.41) is 12.4. The Hall–Kier alpha value is -1.90. The number of aliphatic hydroxyl groups is 1. The van der Waals surface area contributed by atoms with Crippen molar-refractivity contribution in [3.8, 4) is 11.3 Å². The summed E-state index contributed by atoms with van der Waals surface area (Å²) < 4.78 is 10.8. The summed E-state index contributed by atoms with van der Waals surface area (Å²) in [5.41, 5.74) is 7.22. The van der Waals surface area contributed by atoms with E-state index in [1.54, 1.807) is 30.5 Å². The summed E-state index contributed by atoms with van der Waals surface area (Å²) in [4.78, 5) is 10.1. The molecule has 2 atom stereocenters. The van der Waals surface area contributed by atoms with Crippen molar-refractivity contribution in [1.29, 1.82) is 0 Å². The molecule has 28 heavy (non-hydrogen) atoms. The normalized spacial score (nSPS) is 17.6. The van der Waals surface area contributed by atoms with Crippen LogP contribution in [0, 0.1) is 0 Å². The number of aliphatic hydroxyl groups excluding tert-OH is 1. The third-order valence-corrected chi connectivity index (χ3v) is 6.00. The number of rotatable bonds is 5. The van der Waals surface area contributed by atoms with Crippen LogP contribution >= 0.6 is 34.5 Å². The van der Waals surface area contributed by atoms with Gasteiger partial charge in [-0.2, -0.15) is 0 Å². The molecule has 0 bridgehead atoms. The average molecular weight is 438 g/mol. The molecule has 0 spiro atoms. The first-order chi connectivity index (χ1) is 13.5. The molecule has 146 valence electrons. The maximum absolute atomic E-state index is 10.6. The Bertz CT molecular complexity index is 1040. The highest BCUT2D eigenvalue weighted by Crippen LogP contribution is 2.39. The first-order valence-corrected chi connectivity index (χ1v) is 10.2. The molecule has 9 heteroatoms. The fourth-order valence-corrected chi connectivity index (χ4v) is 4.54. The number of benzene rings is 1. The summed E-state index contributed by atoms with van der Waals surface area (Å²) in [6.07, 6.45) is 3.47. The smallest absolute Gasteiger partial charge is 0.221 e. The molecule has 0 saturated heterocycles. The molecule has 1 aliphatic rings. The topological polar surface area (TPSA) is 90.5 Å². The average Bonchev–Trinajstić information content (AvgIpc) is 3.10. The van der Waals surface area contributed by atoms with E-state index in [-0.39, 0.29) is 12.2 Å². The number of hydrogen-bond donors (Lipinski definition) is 2. The lowest BCUT2D eigenvalue weighted by Gasteiger charge is -2.20. The van der Waals surface area contributed by atoms with Gasteiger partial charge in [0.25, 0.3) is 0 Å². The van der Waals surface area contributed by atoms with Crippen LogP contribution in [0.3, 0.4) is 0 Å². The van der Waals surface area contributed by atoms with E-state index in [9.17, 15) is 5.11 Å². The maximum Gasteiger partial charge on any atom is 0.221 e. The molecule has 0 fully saturated rings. The molecule has 2 unspecified atom stereocenters. The maximum atomic E-state index is 10.6. The zero-order valence-corrected chi connectivity index (χ0v) is 17.0. The monoisotopic (exact) mass is 437 g/mol. The Morgan fingerprint density at radius 3 is 2.89 bits per heavy atom. The number of halogens is 2. The largest absolute Gasteiger partial charge is 0.473 e. The predicted octanol–water partition coefficient (Wildman–Crippen LogP) is 4.95. The molecule has 6 nitrogen and oxygen atoms in total. The lowest BCUT2D eigenvalue weighted by molar-refractivity contribution is -0.118. The minimum Gasteiger partial charge on any atom is -0.473 e. The molecule has 1 aromatic carbocycles. The van der Waals surface area contributed by atoms with Crippen molar-refractivity contribution in [1.82, 2.24) is 9.97 Å². The van der Waals surface area contributed by atoms with E-state index < -0.39 is 6.10 Å². The van der Waals surface area contributed by atoms with E-state index in [1.165, 1.54) is 11.3 Å². The zero-order valence-electron chi connectivity index (χ0n) is 14.6. The lowest BCUT2D eigenvalue weighted by Crippen LogP contribution is -2.19. The van der Waals surface area contributed by atoms with Crippen LogP contribution in [0.4, 0.5) is 5.95 Å². The molecular formula is C19H17Cl2N3O3S. The van der Waals surface area contributed by atoms with Crippen LogP contribution in [0.15, 0.2) is 36.6 Å². The molecule has 3 aromatic rings. The Labute approximate surface area is 175 Å². The van der Waals surface area contributed by atoms with Gasteiger partial charge < -0.3 is 20.3 Å². The third-order valence-electron chi connectivity index (χ3n) is 4.32. The van der Waals surface area contributed by atoms with Crippen LogP contribution in [-0.2, 0) is 9.47 Å². The van der Waals surface area contributed by atoms with Gasteiger partial charge >= 0.3 is 0 Å². The van der Waals surface area contributed by atoms with Crippen molar-refractivity contribution < 1.29 is 14.6 Å². The standard InChI is InChI=1S/C19H17Cl2N3O3S/c20-10-2-3-11(13(21)8-10)17-12-9-15(28-18(12)24-19(22)23-17)14(25)4-5-16-26-6-1-7-27-16/h1-3,6,8-9,14,16,25H,4-5,7H2,(H2,22,23,24). The van der Waals surface area contributed by atoms with E-state index in [1.807, 2.05) is 6.07 Å². The highest BCUT2D eigenvalue weighted by Gasteiger charge is 2.20. The fourth-order valence-electron chi connectivity index (χ4n) is 2.98. The van der Waals surface area contributed by atoms with Gasteiger partial charge in [-0.25, -0.2) is 9.97 Å². The van der Waals surface area contributed by atoms with Crippen LogP contribution in [0.1, 0.15) is 23.8 Å². The number of ether oxygens (including phenoxy) is 2. The number of nitrogens with zero attached hydrogens (tertiary/aromatic N) is 2. The Kier molecular flexibility index (Phi) is 5.70. The van der Waals surface area contributed by atoms with Crippen molar-refractivity contribution in [2.24, 2.45) is 0 Å². The van der Waals surface area contributed by atoms with E-state index in [0.29, 0.717) is 45.6 Å². The predicted molar refractivity (Wildman–Crippen MR) is 111 cm³/mol. The molecular weight excluding hydrogens is 421 g/mol.